The summed E-state index contributed by atoms with van der Waals surface area (Å²) in [6.07, 6.45) is -0.120. The molecule has 1 N–H and O–H groups in total. The quantitative estimate of drug-likeness (QED) is 0.573. The molecule has 0 heterocycles. The maximum absolute atomic E-state index is 12.2. The lowest BCUT2D eigenvalue weighted by atomic mass is 10.1. The normalized spacial score (nSPS) is 11.5. The van der Waals surface area contributed by atoms with Crippen LogP contribution in [0, 0.1) is 13.8 Å². The van der Waals surface area contributed by atoms with Gasteiger partial charge in [0.1, 0.15) is 5.75 Å². The summed E-state index contributed by atoms with van der Waals surface area (Å²) in [5.41, 5.74) is 2.81. The van der Waals surface area contributed by atoms with Crippen molar-refractivity contribution < 1.29 is 19.1 Å². The first-order chi connectivity index (χ1) is 12.5. The van der Waals surface area contributed by atoms with Crippen LogP contribution in [-0.4, -0.2) is 24.6 Å². The summed E-state index contributed by atoms with van der Waals surface area (Å²) in [4.78, 5) is 24.1. The molecule has 5 nitrogen and oxygen atoms in total. The van der Waals surface area contributed by atoms with E-state index in [1.807, 2.05) is 62.4 Å². The largest absolute Gasteiger partial charge is 0.494 e. The first-order valence-electron chi connectivity index (χ1n) is 8.71. The van der Waals surface area contributed by atoms with Crippen molar-refractivity contribution in [3.05, 3.63) is 59.7 Å². The maximum atomic E-state index is 12.2. The highest BCUT2D eigenvalue weighted by molar-refractivity contribution is 5.95. The van der Waals surface area contributed by atoms with E-state index in [-0.39, 0.29) is 12.3 Å². The van der Waals surface area contributed by atoms with E-state index in [2.05, 4.69) is 5.32 Å². The lowest BCUT2D eigenvalue weighted by Crippen LogP contribution is -2.30. The van der Waals surface area contributed by atoms with E-state index in [4.69, 9.17) is 9.47 Å². The molecule has 26 heavy (non-hydrogen) atoms. The molecule has 0 saturated heterocycles. The molecule has 138 valence electrons. The highest BCUT2D eigenvalue weighted by Crippen LogP contribution is 2.16. The second-order valence-electron chi connectivity index (χ2n) is 6.20. The minimum atomic E-state index is -0.849. The highest BCUT2D eigenvalue weighted by atomic mass is 16.5. The molecule has 0 aliphatic rings. The Labute approximate surface area is 154 Å². The average molecular weight is 355 g/mol. The number of ether oxygens (including phenoxy) is 2. The fourth-order valence-corrected chi connectivity index (χ4v) is 2.42. The van der Waals surface area contributed by atoms with Crippen LogP contribution in [0.1, 0.15) is 30.9 Å². The first kappa shape index (κ1) is 19.5. The minimum Gasteiger partial charge on any atom is -0.494 e. The van der Waals surface area contributed by atoms with Crippen molar-refractivity contribution in [3.63, 3.8) is 0 Å². The molecule has 0 unspecified atom stereocenters. The monoisotopic (exact) mass is 355 g/mol. The van der Waals surface area contributed by atoms with Crippen LogP contribution in [0.15, 0.2) is 48.5 Å². The molecule has 1 atom stereocenters. The molecule has 0 aromatic heterocycles. The van der Waals surface area contributed by atoms with Crippen LogP contribution in [0.4, 0.5) is 5.69 Å². The summed E-state index contributed by atoms with van der Waals surface area (Å²) >= 11 is 0. The lowest BCUT2D eigenvalue weighted by Gasteiger charge is -2.15. The summed E-state index contributed by atoms with van der Waals surface area (Å²) in [6, 6.07) is 15.2. The van der Waals surface area contributed by atoms with E-state index < -0.39 is 12.1 Å². The fraction of sp³-hybridized carbons (Fsp3) is 0.333. The highest BCUT2D eigenvalue weighted by Gasteiger charge is 2.18. The van der Waals surface area contributed by atoms with Crippen molar-refractivity contribution in [3.8, 4) is 5.75 Å². The van der Waals surface area contributed by atoms with Crippen LogP contribution in [0.2, 0.25) is 0 Å². The smallest absolute Gasteiger partial charge is 0.306 e. The number of nitrogens with one attached hydrogen (secondary N) is 1. The van der Waals surface area contributed by atoms with Gasteiger partial charge in [-0.25, -0.2) is 0 Å². The summed E-state index contributed by atoms with van der Waals surface area (Å²) in [5.74, 6) is 0.0119. The number of benzene rings is 2. The maximum Gasteiger partial charge on any atom is 0.306 e. The van der Waals surface area contributed by atoms with E-state index in [0.717, 1.165) is 22.6 Å². The summed E-state index contributed by atoms with van der Waals surface area (Å²) in [6.45, 7) is 5.90. The second kappa shape index (κ2) is 9.61. The molecule has 2 aromatic carbocycles. The number of carbonyl (C=O) groups excluding carboxylic acids is 2. The van der Waals surface area contributed by atoms with Gasteiger partial charge in [-0.15, -0.1) is 0 Å². The lowest BCUT2D eigenvalue weighted by molar-refractivity contribution is -0.153. The van der Waals surface area contributed by atoms with Gasteiger partial charge in [-0.3, -0.25) is 9.59 Å². The van der Waals surface area contributed by atoms with Crippen LogP contribution in [0.5, 0.6) is 5.75 Å². The Kier molecular flexibility index (Phi) is 7.21. The number of esters is 1. The zero-order valence-electron chi connectivity index (χ0n) is 15.5. The fourth-order valence-electron chi connectivity index (χ4n) is 2.42. The van der Waals surface area contributed by atoms with Crippen molar-refractivity contribution in [2.45, 2.75) is 39.7 Å². The van der Waals surface area contributed by atoms with Gasteiger partial charge in [-0.1, -0.05) is 35.9 Å². The Balaban J connectivity index is 1.71. The van der Waals surface area contributed by atoms with Crippen LogP contribution in [0.25, 0.3) is 0 Å². The van der Waals surface area contributed by atoms with E-state index >= 15 is 0 Å². The molecule has 0 bridgehead atoms. The topological polar surface area (TPSA) is 64.6 Å². The number of carbonyl (C=O) groups is 2. The predicted octanol–water partition coefficient (Wildman–Crippen LogP) is 4.03. The van der Waals surface area contributed by atoms with Gasteiger partial charge in [0.25, 0.3) is 5.91 Å². The SMILES string of the molecule is Cc1ccc(NC(=O)[C@@H](C)OC(=O)CCCOc2ccccc2)c(C)c1. The van der Waals surface area contributed by atoms with Gasteiger partial charge in [-0.2, -0.15) is 0 Å². The number of amides is 1. The summed E-state index contributed by atoms with van der Waals surface area (Å²) in [5, 5.41) is 2.79. The third-order valence-electron chi connectivity index (χ3n) is 3.85. The zero-order chi connectivity index (χ0) is 18.9. The summed E-state index contributed by atoms with van der Waals surface area (Å²) < 4.78 is 10.7. The van der Waals surface area contributed by atoms with Gasteiger partial charge < -0.3 is 14.8 Å². The van der Waals surface area contributed by atoms with Crippen LogP contribution in [-0.2, 0) is 14.3 Å². The average Bonchev–Trinajstić information content (AvgIpc) is 2.62. The molecule has 5 heteroatoms. The predicted molar refractivity (Wildman–Crippen MR) is 101 cm³/mol. The van der Waals surface area contributed by atoms with Crippen LogP contribution >= 0.6 is 0 Å². The molecule has 0 radical (unpaired) electrons. The molecule has 0 aliphatic heterocycles. The van der Waals surface area contributed by atoms with E-state index in [9.17, 15) is 9.59 Å². The second-order valence-corrected chi connectivity index (χ2v) is 6.20. The van der Waals surface area contributed by atoms with E-state index in [1.165, 1.54) is 0 Å². The van der Waals surface area contributed by atoms with Gasteiger partial charge in [0.2, 0.25) is 0 Å². The van der Waals surface area contributed by atoms with Gasteiger partial charge >= 0.3 is 5.97 Å². The van der Waals surface area contributed by atoms with Crippen molar-refractivity contribution in [1.82, 2.24) is 0 Å². The third kappa shape index (κ3) is 6.24. The standard InChI is InChI=1S/C21H25NO4/c1-15-11-12-19(16(2)14-15)22-21(24)17(3)26-20(23)10-7-13-25-18-8-5-4-6-9-18/h4-6,8-9,11-12,14,17H,7,10,13H2,1-3H3,(H,22,24)/t17-/m1/s1. The Morgan fingerprint density at radius 3 is 2.50 bits per heavy atom. The van der Waals surface area contributed by atoms with Crippen molar-refractivity contribution >= 4 is 17.6 Å². The first-order valence-corrected chi connectivity index (χ1v) is 8.71. The van der Waals surface area contributed by atoms with Gasteiger partial charge in [-0.05, 0) is 51.0 Å². The third-order valence-corrected chi connectivity index (χ3v) is 3.85. The molecule has 0 aliphatic carbocycles. The number of hydrogen-bond donors (Lipinski definition) is 1. The molecule has 2 aromatic rings. The Morgan fingerprint density at radius 2 is 1.81 bits per heavy atom. The molecule has 0 fully saturated rings. The van der Waals surface area contributed by atoms with Gasteiger partial charge in [0.05, 0.1) is 6.61 Å². The zero-order valence-corrected chi connectivity index (χ0v) is 15.5. The number of para-hydroxylation sites is 1. The number of hydrogen-bond acceptors (Lipinski definition) is 4. The van der Waals surface area contributed by atoms with Crippen molar-refractivity contribution in [2.75, 3.05) is 11.9 Å². The molecule has 0 saturated carbocycles. The van der Waals surface area contributed by atoms with Crippen molar-refractivity contribution in [2.24, 2.45) is 0 Å². The van der Waals surface area contributed by atoms with Gasteiger partial charge in [0, 0.05) is 12.1 Å². The molecule has 2 rings (SSSR count). The van der Waals surface area contributed by atoms with Gasteiger partial charge in [0.15, 0.2) is 6.10 Å². The molecular weight excluding hydrogens is 330 g/mol. The van der Waals surface area contributed by atoms with E-state index in [1.54, 1.807) is 6.92 Å². The minimum absolute atomic E-state index is 0.202. The Morgan fingerprint density at radius 1 is 1.08 bits per heavy atom. The number of anilines is 1. The number of rotatable bonds is 8. The Hall–Kier alpha value is -2.82. The van der Waals surface area contributed by atoms with E-state index in [0.29, 0.717) is 13.0 Å². The number of aryl methyl sites for hydroxylation is 2. The summed E-state index contributed by atoms with van der Waals surface area (Å²) in [7, 11) is 0. The van der Waals surface area contributed by atoms with Crippen molar-refractivity contribution in [1.29, 1.82) is 0 Å². The van der Waals surface area contributed by atoms with Crippen LogP contribution in [0.3, 0.4) is 0 Å². The Bertz CT molecular complexity index is 743. The van der Waals surface area contributed by atoms with Crippen LogP contribution < -0.4 is 10.1 Å². The molecule has 0 spiro atoms. The molecule has 1 amide bonds. The molecular formula is C21H25NO4.